The lowest BCUT2D eigenvalue weighted by atomic mass is 9.92. The van der Waals surface area contributed by atoms with Crippen LogP contribution in [0.2, 0.25) is 0 Å². The average molecular weight is 329 g/mol. The summed E-state index contributed by atoms with van der Waals surface area (Å²) in [5.41, 5.74) is 1.14. The summed E-state index contributed by atoms with van der Waals surface area (Å²) in [5.74, 6) is -2.38. The Morgan fingerprint density at radius 2 is 1.87 bits per heavy atom. The standard InChI is InChI=1S/C14H14F3N3O3/c1-8-10(13(22,12(21)23-2)14(15,16)17)11(18)20(19-8)9-6-4-3-5-7-9/h3-7,22H,18H2,1-2H3/t13-/m0/s1. The van der Waals surface area contributed by atoms with Gasteiger partial charge in [0.15, 0.2) is 0 Å². The van der Waals surface area contributed by atoms with Gasteiger partial charge in [-0.2, -0.15) is 18.3 Å². The number of carbonyl (C=O) groups excluding carboxylic acids is 1. The number of hydrogen-bond acceptors (Lipinski definition) is 5. The fourth-order valence-corrected chi connectivity index (χ4v) is 2.27. The van der Waals surface area contributed by atoms with Crippen molar-refractivity contribution in [1.82, 2.24) is 9.78 Å². The normalized spacial score (nSPS) is 14.3. The Bertz CT molecular complexity index is 728. The number of alkyl halides is 3. The van der Waals surface area contributed by atoms with Crippen LogP contribution in [0.1, 0.15) is 11.3 Å². The molecule has 0 fully saturated rings. The Morgan fingerprint density at radius 1 is 1.30 bits per heavy atom. The molecule has 124 valence electrons. The number of anilines is 1. The van der Waals surface area contributed by atoms with E-state index >= 15 is 0 Å². The second-order valence-corrected chi connectivity index (χ2v) is 4.79. The zero-order valence-electron chi connectivity index (χ0n) is 12.3. The maximum absolute atomic E-state index is 13.4. The molecule has 0 amide bonds. The maximum Gasteiger partial charge on any atom is 0.432 e. The lowest BCUT2D eigenvalue weighted by Crippen LogP contribution is -2.50. The van der Waals surface area contributed by atoms with E-state index < -0.39 is 29.1 Å². The molecule has 2 aromatic rings. The molecule has 0 aliphatic heterocycles. The Hall–Kier alpha value is -2.55. The predicted molar refractivity (Wildman–Crippen MR) is 74.7 cm³/mol. The molecule has 9 heteroatoms. The Balaban J connectivity index is 2.72. The Kier molecular flexibility index (Phi) is 4.08. The third-order valence-corrected chi connectivity index (χ3v) is 3.35. The second kappa shape index (κ2) is 5.58. The molecular formula is C14H14F3N3O3. The van der Waals surface area contributed by atoms with Crippen molar-refractivity contribution < 1.29 is 27.8 Å². The first-order valence-corrected chi connectivity index (χ1v) is 6.43. The lowest BCUT2D eigenvalue weighted by molar-refractivity contribution is -0.266. The van der Waals surface area contributed by atoms with Crippen molar-refractivity contribution in [2.45, 2.75) is 18.7 Å². The number of ether oxygens (including phenoxy) is 1. The fourth-order valence-electron chi connectivity index (χ4n) is 2.27. The van der Waals surface area contributed by atoms with E-state index in [0.717, 1.165) is 11.8 Å². The molecule has 0 spiro atoms. The average Bonchev–Trinajstić information content (AvgIpc) is 2.80. The van der Waals surface area contributed by atoms with E-state index in [1.807, 2.05) is 0 Å². The molecule has 6 nitrogen and oxygen atoms in total. The van der Waals surface area contributed by atoms with Gasteiger partial charge in [-0.25, -0.2) is 9.48 Å². The number of rotatable bonds is 3. The number of nitrogens with two attached hydrogens (primary N) is 1. The molecular weight excluding hydrogens is 315 g/mol. The number of para-hydroxylation sites is 1. The van der Waals surface area contributed by atoms with Crippen molar-refractivity contribution in [2.75, 3.05) is 12.8 Å². The van der Waals surface area contributed by atoms with Gasteiger partial charge in [-0.3, -0.25) is 0 Å². The van der Waals surface area contributed by atoms with E-state index in [1.165, 1.54) is 6.92 Å². The SMILES string of the molecule is COC(=O)[C@@](O)(c1c(C)nn(-c2ccccc2)c1N)C(F)(F)F. The number of esters is 1. The number of methoxy groups -OCH3 is 1. The number of benzene rings is 1. The van der Waals surface area contributed by atoms with Crippen molar-refractivity contribution in [3.8, 4) is 5.69 Å². The molecule has 1 heterocycles. The number of aryl methyl sites for hydroxylation is 1. The van der Waals surface area contributed by atoms with Crippen molar-refractivity contribution in [2.24, 2.45) is 0 Å². The van der Waals surface area contributed by atoms with Crippen LogP contribution in [-0.2, 0) is 15.1 Å². The number of carbonyl (C=O) groups is 1. The molecule has 0 saturated carbocycles. The van der Waals surface area contributed by atoms with Gasteiger partial charge in [0.05, 0.1) is 24.1 Å². The number of aliphatic hydroxyl groups is 1. The van der Waals surface area contributed by atoms with Crippen LogP contribution in [0.3, 0.4) is 0 Å². The third-order valence-electron chi connectivity index (χ3n) is 3.35. The summed E-state index contributed by atoms with van der Waals surface area (Å²) in [7, 11) is 0.742. The fraction of sp³-hybridized carbons (Fsp3) is 0.286. The zero-order chi connectivity index (χ0) is 17.4. The van der Waals surface area contributed by atoms with E-state index in [2.05, 4.69) is 9.84 Å². The minimum absolute atomic E-state index is 0.239. The first kappa shape index (κ1) is 16.8. The molecule has 1 atom stereocenters. The highest BCUT2D eigenvalue weighted by molar-refractivity contribution is 5.84. The third kappa shape index (κ3) is 2.52. The van der Waals surface area contributed by atoms with E-state index in [-0.39, 0.29) is 5.69 Å². The molecule has 0 radical (unpaired) electrons. The summed E-state index contributed by atoms with van der Waals surface area (Å²) in [5, 5.41) is 14.0. The van der Waals surface area contributed by atoms with Gasteiger partial charge in [0.2, 0.25) is 0 Å². The van der Waals surface area contributed by atoms with Crippen LogP contribution in [0, 0.1) is 6.92 Å². The molecule has 23 heavy (non-hydrogen) atoms. The topological polar surface area (TPSA) is 90.4 Å². The summed E-state index contributed by atoms with van der Waals surface area (Å²) >= 11 is 0. The van der Waals surface area contributed by atoms with Crippen LogP contribution in [-0.4, -0.2) is 34.1 Å². The van der Waals surface area contributed by atoms with Crippen LogP contribution in [0.4, 0.5) is 19.0 Å². The molecule has 1 aromatic carbocycles. The first-order chi connectivity index (χ1) is 10.6. The van der Waals surface area contributed by atoms with Gasteiger partial charge in [0.25, 0.3) is 5.60 Å². The van der Waals surface area contributed by atoms with Gasteiger partial charge in [0.1, 0.15) is 5.82 Å². The van der Waals surface area contributed by atoms with Gasteiger partial charge in [0, 0.05) is 0 Å². The largest absolute Gasteiger partial charge is 0.466 e. The van der Waals surface area contributed by atoms with Gasteiger partial charge in [-0.1, -0.05) is 18.2 Å². The summed E-state index contributed by atoms with van der Waals surface area (Å²) in [6, 6.07) is 8.12. The van der Waals surface area contributed by atoms with Crippen LogP contribution >= 0.6 is 0 Å². The molecule has 0 aliphatic carbocycles. The predicted octanol–water partition coefficient (Wildman–Crippen LogP) is 1.69. The van der Waals surface area contributed by atoms with Gasteiger partial charge < -0.3 is 15.6 Å². The smallest absolute Gasteiger partial charge is 0.432 e. The number of nitrogens with zero attached hydrogens (tertiary/aromatic N) is 2. The van der Waals surface area contributed by atoms with E-state index in [4.69, 9.17) is 5.73 Å². The molecule has 3 N–H and O–H groups in total. The van der Waals surface area contributed by atoms with Crippen molar-refractivity contribution in [3.63, 3.8) is 0 Å². The minimum atomic E-state index is -5.33. The number of hydrogen-bond donors (Lipinski definition) is 2. The van der Waals surface area contributed by atoms with Crippen molar-refractivity contribution in [3.05, 3.63) is 41.6 Å². The summed E-state index contributed by atoms with van der Waals surface area (Å²) in [6.45, 7) is 1.21. The Morgan fingerprint density at radius 3 is 2.35 bits per heavy atom. The number of halogens is 3. The highest BCUT2D eigenvalue weighted by atomic mass is 19.4. The monoisotopic (exact) mass is 329 g/mol. The summed E-state index contributed by atoms with van der Waals surface area (Å²) < 4.78 is 45.2. The number of aromatic nitrogens is 2. The molecule has 1 aromatic heterocycles. The van der Waals surface area contributed by atoms with Crippen LogP contribution < -0.4 is 5.73 Å². The first-order valence-electron chi connectivity index (χ1n) is 6.43. The van der Waals surface area contributed by atoms with Crippen LogP contribution in [0.25, 0.3) is 5.69 Å². The van der Waals surface area contributed by atoms with Gasteiger partial charge in [-0.15, -0.1) is 0 Å². The lowest BCUT2D eigenvalue weighted by Gasteiger charge is -2.27. The van der Waals surface area contributed by atoms with Gasteiger partial charge >= 0.3 is 12.1 Å². The highest BCUT2D eigenvalue weighted by Gasteiger charge is 2.64. The van der Waals surface area contributed by atoms with Gasteiger partial charge in [-0.05, 0) is 19.1 Å². The molecule has 0 unspecified atom stereocenters. The quantitative estimate of drug-likeness (QED) is 0.836. The highest BCUT2D eigenvalue weighted by Crippen LogP contribution is 2.44. The molecule has 2 rings (SSSR count). The van der Waals surface area contributed by atoms with Crippen molar-refractivity contribution in [1.29, 1.82) is 0 Å². The minimum Gasteiger partial charge on any atom is -0.466 e. The van der Waals surface area contributed by atoms with Crippen LogP contribution in [0.15, 0.2) is 30.3 Å². The number of nitrogen functional groups attached to an aromatic ring is 1. The Labute approximate surface area is 129 Å². The maximum atomic E-state index is 13.4. The van der Waals surface area contributed by atoms with E-state index in [0.29, 0.717) is 5.69 Å². The molecule has 0 saturated heterocycles. The second-order valence-electron chi connectivity index (χ2n) is 4.79. The van der Waals surface area contributed by atoms with E-state index in [9.17, 15) is 23.1 Å². The molecule has 0 bridgehead atoms. The zero-order valence-corrected chi connectivity index (χ0v) is 12.3. The summed E-state index contributed by atoms with van der Waals surface area (Å²) in [4.78, 5) is 11.6. The van der Waals surface area contributed by atoms with E-state index in [1.54, 1.807) is 30.3 Å². The van der Waals surface area contributed by atoms with Crippen molar-refractivity contribution >= 4 is 11.8 Å². The molecule has 0 aliphatic rings. The summed E-state index contributed by atoms with van der Waals surface area (Å²) in [6.07, 6.45) is -5.33. The van der Waals surface area contributed by atoms with Crippen LogP contribution in [0.5, 0.6) is 0 Å².